The minimum absolute atomic E-state index is 0.182. The molecule has 2 aliphatic heterocycles. The van der Waals surface area contributed by atoms with Gasteiger partial charge in [0.15, 0.2) is 0 Å². The van der Waals surface area contributed by atoms with Crippen molar-refractivity contribution in [3.63, 3.8) is 0 Å². The van der Waals surface area contributed by atoms with E-state index in [4.69, 9.17) is 11.6 Å². The third-order valence-electron chi connectivity index (χ3n) is 1.52. The summed E-state index contributed by atoms with van der Waals surface area (Å²) in [5.41, 5.74) is 0. The van der Waals surface area contributed by atoms with Crippen LogP contribution < -0.4 is 0 Å². The number of hydrogen-bond acceptors (Lipinski definition) is 3. The molecule has 0 radical (unpaired) electrons. The number of thioether (sulfide) groups is 1. The van der Waals surface area contributed by atoms with E-state index in [-0.39, 0.29) is 11.3 Å². The average Bonchev–Trinajstić information content (AvgIpc) is 2.31. The van der Waals surface area contributed by atoms with Crippen molar-refractivity contribution in [2.75, 3.05) is 0 Å². The van der Waals surface area contributed by atoms with Gasteiger partial charge < -0.3 is 0 Å². The van der Waals surface area contributed by atoms with Crippen molar-refractivity contribution >= 4 is 50.8 Å². The molecule has 0 fully saturated rings. The Hall–Kier alpha value is 0.200. The fourth-order valence-corrected chi connectivity index (χ4v) is 3.09. The number of halogens is 2. The first-order chi connectivity index (χ1) is 5.27. The summed E-state index contributed by atoms with van der Waals surface area (Å²) < 4.78 is 1.10. The summed E-state index contributed by atoms with van der Waals surface area (Å²) in [6.07, 6.45) is 3.56. The van der Waals surface area contributed by atoms with E-state index < -0.39 is 0 Å². The van der Waals surface area contributed by atoms with Crippen LogP contribution >= 0.6 is 39.3 Å². The number of rotatable bonds is 0. The fraction of sp³-hybridized carbons (Fsp3) is 0.333. The van der Waals surface area contributed by atoms with Crippen LogP contribution in [0.3, 0.4) is 0 Å². The Morgan fingerprint density at radius 1 is 1.64 bits per heavy atom. The number of hydrogen-bond donors (Lipinski definition) is 0. The topological polar surface area (TPSA) is 24.7 Å². The van der Waals surface area contributed by atoms with Gasteiger partial charge in [0.2, 0.25) is 0 Å². The molecule has 0 aromatic heterocycles. The summed E-state index contributed by atoms with van der Waals surface area (Å²) in [6, 6.07) is 0. The highest BCUT2D eigenvalue weighted by Gasteiger charge is 2.31. The Kier molecular flexibility index (Phi) is 2.08. The summed E-state index contributed by atoms with van der Waals surface area (Å²) >= 11 is 10.9. The molecule has 0 bridgehead atoms. The van der Waals surface area contributed by atoms with Gasteiger partial charge in [-0.25, -0.2) is 4.99 Å². The number of fused-ring (bicyclic) bond motifs is 1. The minimum Gasteiger partial charge on any atom is -0.258 e. The van der Waals surface area contributed by atoms with Crippen molar-refractivity contribution in [3.8, 4) is 0 Å². The lowest BCUT2D eigenvalue weighted by molar-refractivity contribution is 0.822. The van der Waals surface area contributed by atoms with Crippen molar-refractivity contribution in [2.45, 2.75) is 5.37 Å². The predicted octanol–water partition coefficient (Wildman–Crippen LogP) is 2.59. The molecular formula is C6H4BrClN2S. The second-order valence-electron chi connectivity index (χ2n) is 2.22. The Morgan fingerprint density at radius 3 is 3.18 bits per heavy atom. The van der Waals surface area contributed by atoms with Gasteiger partial charge in [0.25, 0.3) is 0 Å². The van der Waals surface area contributed by atoms with Crippen LogP contribution in [0.2, 0.25) is 0 Å². The summed E-state index contributed by atoms with van der Waals surface area (Å²) in [5, 5.41) is 0.835. The highest BCUT2D eigenvalue weighted by Crippen LogP contribution is 2.42. The molecule has 2 rings (SSSR count). The van der Waals surface area contributed by atoms with Crippen LogP contribution in [-0.4, -0.2) is 16.9 Å². The highest BCUT2D eigenvalue weighted by molar-refractivity contribution is 9.14. The minimum atomic E-state index is 0.182. The Bertz CT molecular complexity index is 274. The molecule has 0 saturated heterocycles. The van der Waals surface area contributed by atoms with Gasteiger partial charge in [-0.15, -0.1) is 0 Å². The van der Waals surface area contributed by atoms with Crippen LogP contribution in [0.15, 0.2) is 19.9 Å². The summed E-state index contributed by atoms with van der Waals surface area (Å²) in [4.78, 5) is 8.09. The van der Waals surface area contributed by atoms with E-state index in [9.17, 15) is 0 Å². The Balaban J connectivity index is 2.30. The van der Waals surface area contributed by atoms with Crippen LogP contribution in [0.25, 0.3) is 0 Å². The molecule has 0 aliphatic carbocycles. The third-order valence-corrected chi connectivity index (χ3v) is 3.71. The second-order valence-corrected chi connectivity index (χ2v) is 5.15. The quantitative estimate of drug-likeness (QED) is 0.649. The monoisotopic (exact) mass is 250 g/mol. The van der Waals surface area contributed by atoms with E-state index in [1.54, 1.807) is 11.8 Å². The van der Waals surface area contributed by atoms with Crippen LogP contribution in [0, 0.1) is 5.92 Å². The molecule has 58 valence electrons. The maximum Gasteiger partial charge on any atom is 0.118 e. The van der Waals surface area contributed by atoms with E-state index in [1.807, 2.05) is 6.08 Å². The van der Waals surface area contributed by atoms with Gasteiger partial charge in [-0.2, -0.15) is 0 Å². The highest BCUT2D eigenvalue weighted by atomic mass is 79.9. The van der Waals surface area contributed by atoms with Gasteiger partial charge in [0, 0.05) is 3.81 Å². The zero-order valence-corrected chi connectivity index (χ0v) is 8.53. The smallest absolute Gasteiger partial charge is 0.118 e. The van der Waals surface area contributed by atoms with E-state index >= 15 is 0 Å². The summed E-state index contributed by atoms with van der Waals surface area (Å²) in [6.45, 7) is 0. The van der Waals surface area contributed by atoms with E-state index in [0.717, 1.165) is 3.81 Å². The molecule has 0 amide bonds. The van der Waals surface area contributed by atoms with Gasteiger partial charge in [0.1, 0.15) is 16.9 Å². The van der Waals surface area contributed by atoms with Gasteiger partial charge in [-0.3, -0.25) is 4.99 Å². The maximum absolute atomic E-state index is 5.86. The standard InChI is InChI=1S/C6H4BrClN2S/c7-4-1-3-5(8)9-2-10-6(3)11-4/h1-3,6H. The molecule has 5 heteroatoms. The van der Waals surface area contributed by atoms with Crippen molar-refractivity contribution in [2.24, 2.45) is 15.9 Å². The lowest BCUT2D eigenvalue weighted by Crippen LogP contribution is -2.19. The number of nitrogens with zero attached hydrogens (tertiary/aromatic N) is 2. The van der Waals surface area contributed by atoms with Crippen LogP contribution in [0.4, 0.5) is 0 Å². The first kappa shape index (κ1) is 7.83. The molecule has 2 nitrogen and oxygen atoms in total. The fourth-order valence-electron chi connectivity index (χ4n) is 1.00. The molecule has 0 N–H and O–H groups in total. The maximum atomic E-state index is 5.86. The Labute approximate surface area is 81.9 Å². The molecule has 11 heavy (non-hydrogen) atoms. The van der Waals surface area contributed by atoms with Gasteiger partial charge in [-0.1, -0.05) is 29.4 Å². The molecule has 0 saturated carbocycles. The zero-order chi connectivity index (χ0) is 7.84. The first-order valence-corrected chi connectivity index (χ1v) is 5.11. The Morgan fingerprint density at radius 2 is 2.45 bits per heavy atom. The number of aliphatic imine (C=N–C) groups is 2. The molecule has 2 heterocycles. The normalized spacial score (nSPS) is 34.7. The molecule has 2 unspecified atom stereocenters. The van der Waals surface area contributed by atoms with E-state index in [0.29, 0.717) is 5.17 Å². The van der Waals surface area contributed by atoms with Crippen molar-refractivity contribution < 1.29 is 0 Å². The molecule has 0 spiro atoms. The van der Waals surface area contributed by atoms with Gasteiger partial charge in [-0.05, 0) is 15.9 Å². The molecule has 2 atom stereocenters. The summed E-state index contributed by atoms with van der Waals surface area (Å²) in [5.74, 6) is 0.182. The first-order valence-electron chi connectivity index (χ1n) is 3.06. The lowest BCUT2D eigenvalue weighted by Gasteiger charge is -2.14. The van der Waals surface area contributed by atoms with Crippen LogP contribution in [0.1, 0.15) is 0 Å². The van der Waals surface area contributed by atoms with Crippen LogP contribution in [-0.2, 0) is 0 Å². The average molecular weight is 252 g/mol. The largest absolute Gasteiger partial charge is 0.258 e. The molecule has 0 aromatic carbocycles. The second kappa shape index (κ2) is 2.92. The van der Waals surface area contributed by atoms with Crippen molar-refractivity contribution in [1.82, 2.24) is 0 Å². The summed E-state index contributed by atoms with van der Waals surface area (Å²) in [7, 11) is 0. The molecule has 2 aliphatic rings. The predicted molar refractivity (Wildman–Crippen MR) is 53.7 cm³/mol. The van der Waals surface area contributed by atoms with Crippen molar-refractivity contribution in [1.29, 1.82) is 0 Å². The third kappa shape index (κ3) is 1.39. The SMILES string of the molecule is ClC1=NC=NC2SC(Br)=CC12. The van der Waals surface area contributed by atoms with E-state index in [2.05, 4.69) is 25.9 Å². The molecule has 0 aromatic rings. The molecular weight excluding hydrogens is 248 g/mol. The zero-order valence-electron chi connectivity index (χ0n) is 5.37. The lowest BCUT2D eigenvalue weighted by atomic mass is 10.1. The van der Waals surface area contributed by atoms with Gasteiger partial charge >= 0.3 is 0 Å². The van der Waals surface area contributed by atoms with E-state index in [1.165, 1.54) is 6.34 Å². The van der Waals surface area contributed by atoms with Crippen LogP contribution in [0.5, 0.6) is 0 Å². The van der Waals surface area contributed by atoms with Crippen molar-refractivity contribution in [3.05, 3.63) is 9.89 Å². The van der Waals surface area contributed by atoms with Gasteiger partial charge in [0.05, 0.1) is 5.92 Å².